The van der Waals surface area contributed by atoms with Gasteiger partial charge >= 0.3 is 0 Å². The summed E-state index contributed by atoms with van der Waals surface area (Å²) in [4.78, 5) is 0. The summed E-state index contributed by atoms with van der Waals surface area (Å²) in [5.41, 5.74) is 2.86. The standard InChI is InChI=1S/C21H16FN/c22-19-14-12-18(13-15-19)21(23-20-9-5-2-6-10-20)16-11-17-7-3-1-4-8-17/h1-10,12-15,21,23H/t21-/m1/s1. The molecule has 0 bridgehead atoms. The van der Waals surface area contributed by atoms with E-state index in [0.717, 1.165) is 16.8 Å². The molecule has 0 fully saturated rings. The Morgan fingerprint density at radius 3 is 2.00 bits per heavy atom. The molecule has 0 unspecified atom stereocenters. The van der Waals surface area contributed by atoms with E-state index >= 15 is 0 Å². The van der Waals surface area contributed by atoms with Crippen LogP contribution in [0.25, 0.3) is 0 Å². The van der Waals surface area contributed by atoms with Gasteiger partial charge in [-0.2, -0.15) is 0 Å². The highest BCUT2D eigenvalue weighted by Gasteiger charge is 2.08. The lowest BCUT2D eigenvalue weighted by Crippen LogP contribution is -2.08. The van der Waals surface area contributed by atoms with E-state index in [9.17, 15) is 4.39 Å². The number of benzene rings is 3. The Bertz CT molecular complexity index is 799. The molecule has 0 aliphatic heterocycles. The highest BCUT2D eigenvalue weighted by Crippen LogP contribution is 2.19. The van der Waals surface area contributed by atoms with Crippen LogP contribution in [0, 0.1) is 17.7 Å². The highest BCUT2D eigenvalue weighted by molar-refractivity contribution is 5.49. The minimum absolute atomic E-state index is 0.210. The molecule has 112 valence electrons. The molecule has 0 amide bonds. The van der Waals surface area contributed by atoms with E-state index in [-0.39, 0.29) is 11.9 Å². The second-order valence-electron chi connectivity index (χ2n) is 5.13. The predicted molar refractivity (Wildman–Crippen MR) is 92.5 cm³/mol. The predicted octanol–water partition coefficient (Wildman–Crippen LogP) is 5.03. The normalized spacial score (nSPS) is 11.2. The Kier molecular flexibility index (Phi) is 4.71. The van der Waals surface area contributed by atoms with Gasteiger partial charge in [-0.05, 0) is 42.0 Å². The zero-order valence-corrected chi connectivity index (χ0v) is 12.5. The van der Waals surface area contributed by atoms with Crippen molar-refractivity contribution in [3.8, 4) is 11.8 Å². The lowest BCUT2D eigenvalue weighted by molar-refractivity contribution is 0.627. The highest BCUT2D eigenvalue weighted by atomic mass is 19.1. The fraction of sp³-hybridized carbons (Fsp3) is 0.0476. The molecule has 3 rings (SSSR count). The number of para-hydroxylation sites is 1. The number of hydrogen-bond acceptors (Lipinski definition) is 1. The van der Waals surface area contributed by atoms with Gasteiger partial charge in [-0.25, -0.2) is 4.39 Å². The van der Waals surface area contributed by atoms with Crippen molar-refractivity contribution in [2.75, 3.05) is 5.32 Å². The molecule has 2 heteroatoms. The van der Waals surface area contributed by atoms with Crippen LogP contribution in [0.1, 0.15) is 17.2 Å². The lowest BCUT2D eigenvalue weighted by atomic mass is 10.1. The molecule has 0 aromatic heterocycles. The van der Waals surface area contributed by atoms with Crippen molar-refractivity contribution in [2.45, 2.75) is 6.04 Å². The van der Waals surface area contributed by atoms with Crippen LogP contribution in [0.2, 0.25) is 0 Å². The minimum atomic E-state index is -0.247. The van der Waals surface area contributed by atoms with Gasteiger partial charge in [-0.3, -0.25) is 0 Å². The Hall–Kier alpha value is -3.05. The zero-order valence-electron chi connectivity index (χ0n) is 12.5. The first-order valence-electron chi connectivity index (χ1n) is 7.45. The van der Waals surface area contributed by atoms with Gasteiger partial charge in [0.1, 0.15) is 11.9 Å². The van der Waals surface area contributed by atoms with E-state index in [2.05, 4.69) is 17.2 Å². The Morgan fingerprint density at radius 2 is 1.35 bits per heavy atom. The summed E-state index contributed by atoms with van der Waals surface area (Å²) in [5.74, 6) is 6.16. The molecule has 1 atom stereocenters. The van der Waals surface area contributed by atoms with Gasteiger partial charge in [0, 0.05) is 11.3 Å². The molecule has 23 heavy (non-hydrogen) atoms. The van der Waals surface area contributed by atoms with Crippen molar-refractivity contribution < 1.29 is 4.39 Å². The number of hydrogen-bond donors (Lipinski definition) is 1. The summed E-state index contributed by atoms with van der Waals surface area (Å²) in [5, 5.41) is 3.39. The molecule has 0 aliphatic rings. The van der Waals surface area contributed by atoms with E-state index in [1.54, 1.807) is 12.1 Å². The summed E-state index contributed by atoms with van der Waals surface area (Å²) in [7, 11) is 0. The Morgan fingerprint density at radius 1 is 0.739 bits per heavy atom. The lowest BCUT2D eigenvalue weighted by Gasteiger charge is -2.15. The van der Waals surface area contributed by atoms with Crippen LogP contribution in [0.3, 0.4) is 0 Å². The maximum atomic E-state index is 13.2. The summed E-state index contributed by atoms with van der Waals surface area (Å²) >= 11 is 0. The quantitative estimate of drug-likeness (QED) is 0.669. The van der Waals surface area contributed by atoms with Crippen molar-refractivity contribution in [2.24, 2.45) is 0 Å². The van der Waals surface area contributed by atoms with E-state index in [4.69, 9.17) is 0 Å². The zero-order chi connectivity index (χ0) is 15.9. The van der Waals surface area contributed by atoms with Crippen molar-refractivity contribution in [3.05, 3.63) is 102 Å². The van der Waals surface area contributed by atoms with Gasteiger partial charge in [0.15, 0.2) is 0 Å². The molecule has 0 spiro atoms. The van der Waals surface area contributed by atoms with Crippen molar-refractivity contribution in [1.29, 1.82) is 0 Å². The molecular weight excluding hydrogens is 285 g/mol. The number of anilines is 1. The second-order valence-corrected chi connectivity index (χ2v) is 5.13. The molecule has 0 radical (unpaired) electrons. The topological polar surface area (TPSA) is 12.0 Å². The van der Waals surface area contributed by atoms with Crippen LogP contribution >= 0.6 is 0 Å². The van der Waals surface area contributed by atoms with Gasteiger partial charge in [0.2, 0.25) is 0 Å². The average Bonchev–Trinajstić information content (AvgIpc) is 2.61. The first-order chi connectivity index (χ1) is 11.3. The first-order valence-corrected chi connectivity index (χ1v) is 7.45. The molecule has 0 heterocycles. The van der Waals surface area contributed by atoms with Gasteiger partial charge in [0.25, 0.3) is 0 Å². The van der Waals surface area contributed by atoms with Gasteiger partial charge in [-0.15, -0.1) is 0 Å². The molecule has 0 saturated carbocycles. The van der Waals surface area contributed by atoms with Gasteiger partial charge in [-0.1, -0.05) is 60.4 Å². The smallest absolute Gasteiger partial charge is 0.123 e. The van der Waals surface area contributed by atoms with Crippen LogP contribution in [-0.4, -0.2) is 0 Å². The average molecular weight is 301 g/mol. The second kappa shape index (κ2) is 7.29. The van der Waals surface area contributed by atoms with Crippen LogP contribution in [0.15, 0.2) is 84.9 Å². The monoisotopic (exact) mass is 301 g/mol. The van der Waals surface area contributed by atoms with Crippen LogP contribution in [0.5, 0.6) is 0 Å². The molecule has 0 aliphatic carbocycles. The molecule has 1 N–H and O–H groups in total. The molecule has 3 aromatic carbocycles. The molecule has 3 aromatic rings. The van der Waals surface area contributed by atoms with E-state index in [1.165, 1.54) is 12.1 Å². The number of nitrogens with one attached hydrogen (secondary N) is 1. The first kappa shape index (κ1) is 14.9. The van der Waals surface area contributed by atoms with E-state index in [0.29, 0.717) is 0 Å². The summed E-state index contributed by atoms with van der Waals surface area (Å²) in [6, 6.07) is 25.9. The third-order valence-corrected chi connectivity index (χ3v) is 3.42. The molecule has 1 nitrogen and oxygen atoms in total. The number of halogens is 1. The maximum absolute atomic E-state index is 13.2. The third-order valence-electron chi connectivity index (χ3n) is 3.42. The van der Waals surface area contributed by atoms with Crippen molar-refractivity contribution >= 4 is 5.69 Å². The van der Waals surface area contributed by atoms with E-state index in [1.807, 2.05) is 60.7 Å². The third kappa shape index (κ3) is 4.21. The van der Waals surface area contributed by atoms with E-state index < -0.39 is 0 Å². The maximum Gasteiger partial charge on any atom is 0.123 e. The molecule has 0 saturated heterocycles. The SMILES string of the molecule is Fc1ccc([C@@H](C#Cc2ccccc2)Nc2ccccc2)cc1. The fourth-order valence-electron chi connectivity index (χ4n) is 2.24. The van der Waals surface area contributed by atoms with Gasteiger partial charge in [0.05, 0.1) is 0 Å². The Balaban J connectivity index is 1.90. The van der Waals surface area contributed by atoms with Crippen molar-refractivity contribution in [1.82, 2.24) is 0 Å². The Labute approximate surface area is 135 Å². The summed E-state index contributed by atoms with van der Waals surface area (Å²) < 4.78 is 13.2. The minimum Gasteiger partial charge on any atom is -0.368 e. The largest absolute Gasteiger partial charge is 0.368 e. The molecular formula is C21H16FN. The van der Waals surface area contributed by atoms with Crippen LogP contribution in [0.4, 0.5) is 10.1 Å². The van der Waals surface area contributed by atoms with Crippen LogP contribution < -0.4 is 5.32 Å². The van der Waals surface area contributed by atoms with Crippen molar-refractivity contribution in [3.63, 3.8) is 0 Å². The summed E-state index contributed by atoms with van der Waals surface area (Å²) in [6.45, 7) is 0. The van der Waals surface area contributed by atoms with Gasteiger partial charge < -0.3 is 5.32 Å². The fourth-order valence-corrected chi connectivity index (χ4v) is 2.24. The number of rotatable bonds is 3. The summed E-state index contributed by atoms with van der Waals surface area (Å²) in [6.07, 6.45) is 0. The van der Waals surface area contributed by atoms with Crippen LogP contribution in [-0.2, 0) is 0 Å².